The number of benzene rings is 5. The molecule has 2 saturated carbocycles. The summed E-state index contributed by atoms with van der Waals surface area (Å²) in [6.45, 7) is 2.49. The van der Waals surface area contributed by atoms with E-state index in [1.54, 1.807) is 0 Å². The van der Waals surface area contributed by atoms with Gasteiger partial charge in [-0.1, -0.05) is 111 Å². The highest BCUT2D eigenvalue weighted by atomic mass is 16.3. The minimum atomic E-state index is 0.184. The molecule has 2 aliphatic rings. The summed E-state index contributed by atoms with van der Waals surface area (Å²) in [5.41, 5.74) is 10.5. The molecule has 0 aliphatic heterocycles. The maximum Gasteiger partial charge on any atom is 0.236 e. The molecule has 0 amide bonds. The third-order valence-electron chi connectivity index (χ3n) is 11.2. The molecule has 0 N–H and O–H groups in total. The lowest BCUT2D eigenvalue weighted by atomic mass is 9.66. The van der Waals surface area contributed by atoms with E-state index in [2.05, 4.69) is 121 Å². The molecule has 4 heteroatoms. The van der Waals surface area contributed by atoms with Crippen LogP contribution in [0.1, 0.15) is 44.6 Å². The predicted octanol–water partition coefficient (Wildman–Crippen LogP) is 11.3. The highest BCUT2D eigenvalue weighted by Gasteiger charge is 2.42. The molecule has 4 nitrogen and oxygen atoms in total. The van der Waals surface area contributed by atoms with Crippen molar-refractivity contribution in [2.45, 2.75) is 44.4 Å². The fraction of sp³-hybridized carbons (Fsp3) is 0.209. The van der Waals surface area contributed by atoms with Crippen LogP contribution in [-0.2, 0) is 5.41 Å². The van der Waals surface area contributed by atoms with E-state index in [4.69, 9.17) is 14.4 Å². The van der Waals surface area contributed by atoms with Crippen LogP contribution in [0.25, 0.3) is 72.2 Å². The van der Waals surface area contributed by atoms with Crippen molar-refractivity contribution in [3.05, 3.63) is 127 Å². The number of furan rings is 1. The van der Waals surface area contributed by atoms with E-state index >= 15 is 0 Å². The zero-order chi connectivity index (χ0) is 31.1. The first kappa shape index (κ1) is 26.9. The molecule has 8 aromatic rings. The van der Waals surface area contributed by atoms with Crippen molar-refractivity contribution in [3.8, 4) is 28.3 Å². The summed E-state index contributed by atoms with van der Waals surface area (Å²) in [5, 5.41) is 3.40. The van der Waals surface area contributed by atoms with Crippen molar-refractivity contribution >= 4 is 43.9 Å². The fourth-order valence-electron chi connectivity index (χ4n) is 9.15. The van der Waals surface area contributed by atoms with Crippen LogP contribution in [0.3, 0.4) is 0 Å². The quantitative estimate of drug-likeness (QED) is 0.199. The number of para-hydroxylation sites is 2. The molecule has 3 aromatic heterocycles. The van der Waals surface area contributed by atoms with E-state index in [-0.39, 0.29) is 5.41 Å². The Labute approximate surface area is 273 Å². The number of aromatic nitrogens is 3. The van der Waals surface area contributed by atoms with Crippen LogP contribution in [0, 0.1) is 11.8 Å². The van der Waals surface area contributed by atoms with Crippen molar-refractivity contribution in [2.75, 3.05) is 0 Å². The van der Waals surface area contributed by atoms with Gasteiger partial charge in [0.05, 0.1) is 11.0 Å². The third kappa shape index (κ3) is 4.14. The van der Waals surface area contributed by atoms with Crippen LogP contribution in [0.5, 0.6) is 0 Å². The first-order valence-corrected chi connectivity index (χ1v) is 17.0. The molecule has 228 valence electrons. The van der Waals surface area contributed by atoms with Crippen LogP contribution in [0.4, 0.5) is 0 Å². The highest BCUT2D eigenvalue weighted by Crippen LogP contribution is 2.52. The monoisotopic (exact) mass is 609 g/mol. The zero-order valence-electron chi connectivity index (χ0n) is 26.5. The average Bonchev–Trinajstić information content (AvgIpc) is 3.78. The van der Waals surface area contributed by atoms with Crippen LogP contribution in [0.2, 0.25) is 0 Å². The molecule has 0 saturated heterocycles. The second-order valence-electron chi connectivity index (χ2n) is 14.2. The zero-order valence-corrected chi connectivity index (χ0v) is 26.5. The van der Waals surface area contributed by atoms with Crippen LogP contribution in [-0.4, -0.2) is 14.5 Å². The molecule has 3 heterocycles. The van der Waals surface area contributed by atoms with Gasteiger partial charge in [0.15, 0.2) is 5.58 Å². The number of rotatable bonds is 4. The van der Waals surface area contributed by atoms with Crippen molar-refractivity contribution in [3.63, 3.8) is 0 Å². The minimum Gasteiger partial charge on any atom is -0.452 e. The SMILES string of the molecule is CC1(c2cccc(-c3nc(-n4c5ccccc5c5c(-c6ccccc6)cccc54)nc4c3oc3ccccc34)c2)CC2CC[C@@H](C2)C1. The predicted molar refractivity (Wildman–Crippen MR) is 192 cm³/mol. The van der Waals surface area contributed by atoms with Crippen molar-refractivity contribution < 1.29 is 4.42 Å². The third-order valence-corrected chi connectivity index (χ3v) is 11.2. The summed E-state index contributed by atoms with van der Waals surface area (Å²) in [7, 11) is 0. The normalized spacial score (nSPS) is 21.0. The minimum absolute atomic E-state index is 0.184. The Morgan fingerprint density at radius 2 is 1.38 bits per heavy atom. The Balaban J connectivity index is 1.24. The topological polar surface area (TPSA) is 43.9 Å². The second kappa shape index (κ2) is 10.1. The van der Waals surface area contributed by atoms with E-state index in [0.29, 0.717) is 5.95 Å². The van der Waals surface area contributed by atoms with Crippen LogP contribution < -0.4 is 0 Å². The Kier molecular flexibility index (Phi) is 5.81. The molecular weight excluding hydrogens is 574 g/mol. The number of hydrogen-bond donors (Lipinski definition) is 0. The molecule has 47 heavy (non-hydrogen) atoms. The van der Waals surface area contributed by atoms with E-state index in [1.165, 1.54) is 59.6 Å². The Morgan fingerprint density at radius 1 is 0.681 bits per heavy atom. The van der Waals surface area contributed by atoms with Gasteiger partial charge in [-0.2, -0.15) is 0 Å². The largest absolute Gasteiger partial charge is 0.452 e. The maximum absolute atomic E-state index is 6.58. The van der Waals surface area contributed by atoms with E-state index < -0.39 is 0 Å². The van der Waals surface area contributed by atoms with E-state index in [1.807, 2.05) is 12.1 Å². The Hall–Kier alpha value is -5.22. The van der Waals surface area contributed by atoms with Gasteiger partial charge in [-0.05, 0) is 83.5 Å². The fourth-order valence-corrected chi connectivity index (χ4v) is 9.15. The van der Waals surface area contributed by atoms with Gasteiger partial charge in [0.2, 0.25) is 5.95 Å². The Morgan fingerprint density at radius 3 is 2.23 bits per heavy atom. The lowest BCUT2D eigenvalue weighted by Gasteiger charge is -2.38. The number of fused-ring (bicyclic) bond motifs is 8. The summed E-state index contributed by atoms with van der Waals surface area (Å²) in [4.78, 5) is 10.7. The second-order valence-corrected chi connectivity index (χ2v) is 14.2. The summed E-state index contributed by atoms with van der Waals surface area (Å²) >= 11 is 0. The lowest BCUT2D eigenvalue weighted by Crippen LogP contribution is -2.30. The summed E-state index contributed by atoms with van der Waals surface area (Å²) in [5.74, 6) is 2.36. The molecule has 3 atom stereocenters. The molecule has 0 radical (unpaired) electrons. The van der Waals surface area contributed by atoms with Crippen molar-refractivity contribution in [1.29, 1.82) is 0 Å². The number of nitrogens with zero attached hydrogens (tertiary/aromatic N) is 3. The van der Waals surface area contributed by atoms with Gasteiger partial charge in [-0.25, -0.2) is 9.97 Å². The molecule has 2 bridgehead atoms. The van der Waals surface area contributed by atoms with E-state index in [0.717, 1.165) is 56.2 Å². The van der Waals surface area contributed by atoms with Gasteiger partial charge < -0.3 is 4.42 Å². The highest BCUT2D eigenvalue weighted by molar-refractivity contribution is 6.16. The lowest BCUT2D eigenvalue weighted by molar-refractivity contribution is 0.232. The van der Waals surface area contributed by atoms with E-state index in [9.17, 15) is 0 Å². The first-order valence-electron chi connectivity index (χ1n) is 17.0. The van der Waals surface area contributed by atoms with Crippen LogP contribution in [0.15, 0.2) is 126 Å². The van der Waals surface area contributed by atoms with Crippen LogP contribution >= 0.6 is 0 Å². The van der Waals surface area contributed by atoms with Gasteiger partial charge in [-0.15, -0.1) is 0 Å². The van der Waals surface area contributed by atoms with Gasteiger partial charge in [0.25, 0.3) is 0 Å². The Bertz CT molecular complexity index is 2470. The van der Waals surface area contributed by atoms with Crippen molar-refractivity contribution in [2.24, 2.45) is 11.8 Å². The molecule has 2 fully saturated rings. The van der Waals surface area contributed by atoms with Gasteiger partial charge in [0, 0.05) is 21.7 Å². The molecule has 2 unspecified atom stereocenters. The maximum atomic E-state index is 6.58. The summed E-state index contributed by atoms with van der Waals surface area (Å²) in [6.07, 6.45) is 6.73. The smallest absolute Gasteiger partial charge is 0.236 e. The van der Waals surface area contributed by atoms with Gasteiger partial charge in [-0.3, -0.25) is 4.57 Å². The molecule has 0 spiro atoms. The molecule has 10 rings (SSSR count). The average molecular weight is 610 g/mol. The molecule has 5 aromatic carbocycles. The van der Waals surface area contributed by atoms with Crippen molar-refractivity contribution in [1.82, 2.24) is 14.5 Å². The number of hydrogen-bond acceptors (Lipinski definition) is 3. The molecule has 2 aliphatic carbocycles. The molecular formula is C43H35N3O. The standard InChI is InChI=1S/C43H35N3O/c1-43(25-27-21-22-28(23-27)26-43)31-14-9-13-30(24-31)39-41-40(34-16-6-8-20-37(34)47-41)45-42(44-39)46-35-18-7-5-15-33(35)38-32(17-10-19-36(38)46)29-11-3-2-4-12-29/h2-20,24,27-28H,21-23,25-26H2,1H3/t27-,28?,43?/m0/s1. The summed E-state index contributed by atoms with van der Waals surface area (Å²) < 4.78 is 8.82. The summed E-state index contributed by atoms with van der Waals surface area (Å²) in [6, 6.07) is 43.2. The van der Waals surface area contributed by atoms with Gasteiger partial charge >= 0.3 is 0 Å². The first-order chi connectivity index (χ1) is 23.1. The van der Waals surface area contributed by atoms with Gasteiger partial charge in [0.1, 0.15) is 16.8 Å².